The van der Waals surface area contributed by atoms with Gasteiger partial charge in [0.1, 0.15) is 6.04 Å². The summed E-state index contributed by atoms with van der Waals surface area (Å²) in [7, 11) is 0. The molecule has 3 fully saturated rings. The molecule has 170 valence electrons. The zero-order valence-electron chi connectivity index (χ0n) is 17.8. The first-order valence-corrected chi connectivity index (χ1v) is 11.0. The Labute approximate surface area is 185 Å². The summed E-state index contributed by atoms with van der Waals surface area (Å²) in [6.07, 6.45) is 0.579. The smallest absolute Gasteiger partial charge is 0.255 e. The lowest BCUT2D eigenvalue weighted by atomic mass is 9.93. The van der Waals surface area contributed by atoms with Gasteiger partial charge < -0.3 is 25.2 Å². The fourth-order valence-electron chi connectivity index (χ4n) is 5.24. The van der Waals surface area contributed by atoms with Gasteiger partial charge in [-0.15, -0.1) is 0 Å². The number of imide groups is 1. The van der Waals surface area contributed by atoms with E-state index in [1.54, 1.807) is 4.90 Å². The van der Waals surface area contributed by atoms with Gasteiger partial charge in [-0.25, -0.2) is 0 Å². The van der Waals surface area contributed by atoms with E-state index in [1.807, 2.05) is 23.1 Å². The fraction of sp³-hybridized carbons (Fsp3) is 0.545. The number of piperazine rings is 1. The van der Waals surface area contributed by atoms with E-state index < -0.39 is 17.5 Å². The van der Waals surface area contributed by atoms with Gasteiger partial charge in [-0.05, 0) is 17.5 Å². The highest BCUT2D eigenvalue weighted by Gasteiger charge is 2.45. The van der Waals surface area contributed by atoms with E-state index in [0.717, 1.165) is 11.1 Å². The van der Waals surface area contributed by atoms with E-state index >= 15 is 0 Å². The van der Waals surface area contributed by atoms with Gasteiger partial charge in [0, 0.05) is 44.7 Å². The third-order valence-electron chi connectivity index (χ3n) is 6.84. The molecule has 5 rings (SSSR count). The van der Waals surface area contributed by atoms with E-state index in [2.05, 4.69) is 16.0 Å². The monoisotopic (exact) mass is 441 g/mol. The van der Waals surface area contributed by atoms with E-state index in [1.165, 1.54) is 0 Å². The van der Waals surface area contributed by atoms with Crippen LogP contribution < -0.4 is 16.0 Å². The summed E-state index contributed by atoms with van der Waals surface area (Å²) in [5, 5.41) is 8.95. The lowest BCUT2D eigenvalue weighted by Gasteiger charge is -2.50. The minimum absolute atomic E-state index is 0.0806. The Hall–Kier alpha value is -2.82. The molecule has 4 aliphatic heterocycles. The van der Waals surface area contributed by atoms with Crippen molar-refractivity contribution < 1.29 is 23.9 Å². The number of piperidine rings is 1. The Kier molecular flexibility index (Phi) is 5.44. The predicted molar refractivity (Wildman–Crippen MR) is 112 cm³/mol. The van der Waals surface area contributed by atoms with Crippen molar-refractivity contribution >= 4 is 23.6 Å². The highest BCUT2D eigenvalue weighted by atomic mass is 16.5. The highest BCUT2D eigenvalue weighted by molar-refractivity contribution is 6.06. The highest BCUT2D eigenvalue weighted by Crippen LogP contribution is 2.30. The molecule has 3 N–H and O–H groups in total. The number of nitrogens with one attached hydrogen (secondary N) is 3. The van der Waals surface area contributed by atoms with E-state index in [-0.39, 0.29) is 24.1 Å². The molecule has 1 aromatic carbocycles. The molecule has 4 amide bonds. The maximum atomic E-state index is 13.2. The second kappa shape index (κ2) is 8.27. The number of benzene rings is 1. The van der Waals surface area contributed by atoms with Crippen LogP contribution in [0.25, 0.3) is 0 Å². The standard InChI is InChI=1S/C22H27N5O5/c28-17-5-4-16(20(30)25-17)26-10-15-3-1-2-14(19(15)21(26)31)8-23-11-22-12-24-9-18(29)27(22)6-7-32-13-22/h1-3,16,23-24H,4-13H2,(H,25,28,30). The number of carbonyl (C=O) groups is 4. The van der Waals surface area contributed by atoms with Crippen molar-refractivity contribution in [2.45, 2.75) is 37.5 Å². The van der Waals surface area contributed by atoms with Gasteiger partial charge in [0.25, 0.3) is 5.91 Å². The fourth-order valence-corrected chi connectivity index (χ4v) is 5.24. The van der Waals surface area contributed by atoms with Crippen LogP contribution in [0, 0.1) is 0 Å². The Morgan fingerprint density at radius 3 is 2.94 bits per heavy atom. The minimum atomic E-state index is -0.625. The normalized spacial score (nSPS) is 27.9. The molecular formula is C22H27N5O5. The second-order valence-electron chi connectivity index (χ2n) is 8.88. The molecule has 0 aromatic heterocycles. The molecule has 0 radical (unpaired) electrons. The van der Waals surface area contributed by atoms with Crippen molar-refractivity contribution in [3.05, 3.63) is 34.9 Å². The van der Waals surface area contributed by atoms with Crippen LogP contribution in [0.1, 0.15) is 34.3 Å². The Morgan fingerprint density at radius 2 is 2.09 bits per heavy atom. The number of amides is 4. The summed E-state index contributed by atoms with van der Waals surface area (Å²) in [6, 6.07) is 5.10. The van der Waals surface area contributed by atoms with Gasteiger partial charge in [-0.1, -0.05) is 18.2 Å². The molecule has 10 nitrogen and oxygen atoms in total. The second-order valence-corrected chi connectivity index (χ2v) is 8.88. The number of carbonyl (C=O) groups excluding carboxylic acids is 4. The average molecular weight is 441 g/mol. The van der Waals surface area contributed by atoms with Gasteiger partial charge in [-0.2, -0.15) is 0 Å². The van der Waals surface area contributed by atoms with E-state index in [0.29, 0.717) is 64.5 Å². The van der Waals surface area contributed by atoms with Gasteiger partial charge in [0.15, 0.2) is 0 Å². The van der Waals surface area contributed by atoms with Crippen molar-refractivity contribution in [2.75, 3.05) is 39.4 Å². The summed E-state index contributed by atoms with van der Waals surface area (Å²) in [6.45, 7) is 3.96. The van der Waals surface area contributed by atoms with Gasteiger partial charge in [0.2, 0.25) is 17.7 Å². The number of hydrogen-bond acceptors (Lipinski definition) is 7. The maximum Gasteiger partial charge on any atom is 0.255 e. The number of hydrogen-bond donors (Lipinski definition) is 3. The van der Waals surface area contributed by atoms with Crippen molar-refractivity contribution in [1.29, 1.82) is 0 Å². The molecule has 4 aliphatic rings. The molecule has 0 saturated carbocycles. The van der Waals surface area contributed by atoms with E-state index in [4.69, 9.17) is 4.74 Å². The Morgan fingerprint density at radius 1 is 1.22 bits per heavy atom. The molecule has 0 bridgehead atoms. The number of ether oxygens (including phenoxy) is 1. The Bertz CT molecular complexity index is 977. The van der Waals surface area contributed by atoms with Crippen molar-refractivity contribution in [3.63, 3.8) is 0 Å². The summed E-state index contributed by atoms with van der Waals surface area (Å²) < 4.78 is 5.69. The zero-order chi connectivity index (χ0) is 22.3. The SMILES string of the molecule is O=C1CCC(N2Cc3cccc(CNCC45CNCC(=O)N4CCOC5)c3C2=O)C(=O)N1. The van der Waals surface area contributed by atoms with Crippen molar-refractivity contribution in [2.24, 2.45) is 0 Å². The van der Waals surface area contributed by atoms with Gasteiger partial charge in [0.05, 0.1) is 25.3 Å². The van der Waals surface area contributed by atoms with Crippen LogP contribution in [-0.2, 0) is 32.2 Å². The van der Waals surface area contributed by atoms with Crippen molar-refractivity contribution in [1.82, 2.24) is 25.8 Å². The lowest BCUT2D eigenvalue weighted by molar-refractivity contribution is -0.153. The summed E-state index contributed by atoms with van der Waals surface area (Å²) in [5.74, 6) is -0.802. The minimum Gasteiger partial charge on any atom is -0.377 e. The molecule has 0 spiro atoms. The topological polar surface area (TPSA) is 120 Å². The van der Waals surface area contributed by atoms with Gasteiger partial charge >= 0.3 is 0 Å². The molecule has 2 unspecified atom stereocenters. The maximum absolute atomic E-state index is 13.2. The quantitative estimate of drug-likeness (QED) is 0.488. The molecule has 0 aliphatic carbocycles. The van der Waals surface area contributed by atoms with Crippen LogP contribution in [-0.4, -0.2) is 84.4 Å². The Balaban J connectivity index is 1.29. The van der Waals surface area contributed by atoms with Crippen LogP contribution >= 0.6 is 0 Å². The average Bonchev–Trinajstić information content (AvgIpc) is 3.11. The van der Waals surface area contributed by atoms with Crippen LogP contribution in [0.15, 0.2) is 18.2 Å². The largest absolute Gasteiger partial charge is 0.377 e. The third kappa shape index (κ3) is 3.58. The lowest BCUT2D eigenvalue weighted by Crippen LogP contribution is -2.71. The van der Waals surface area contributed by atoms with Crippen LogP contribution in [0.5, 0.6) is 0 Å². The number of nitrogens with zero attached hydrogens (tertiary/aromatic N) is 2. The van der Waals surface area contributed by atoms with Crippen LogP contribution in [0.2, 0.25) is 0 Å². The summed E-state index contributed by atoms with van der Waals surface area (Å²) >= 11 is 0. The third-order valence-corrected chi connectivity index (χ3v) is 6.84. The molecular weight excluding hydrogens is 414 g/mol. The first-order valence-electron chi connectivity index (χ1n) is 11.0. The van der Waals surface area contributed by atoms with Gasteiger partial charge in [-0.3, -0.25) is 24.5 Å². The van der Waals surface area contributed by atoms with Crippen molar-refractivity contribution in [3.8, 4) is 0 Å². The zero-order valence-corrected chi connectivity index (χ0v) is 17.8. The molecule has 1 aromatic rings. The molecule has 2 atom stereocenters. The number of fused-ring (bicyclic) bond motifs is 2. The predicted octanol–water partition coefficient (Wildman–Crippen LogP) is -1.26. The first-order chi connectivity index (χ1) is 15.5. The van der Waals surface area contributed by atoms with E-state index in [9.17, 15) is 19.2 Å². The summed E-state index contributed by atoms with van der Waals surface area (Å²) in [4.78, 5) is 52.8. The van der Waals surface area contributed by atoms with Crippen LogP contribution in [0.3, 0.4) is 0 Å². The first kappa shape index (κ1) is 21.0. The molecule has 3 saturated heterocycles. The molecule has 4 heterocycles. The summed E-state index contributed by atoms with van der Waals surface area (Å²) in [5.41, 5.74) is 1.93. The molecule has 10 heteroatoms. The number of morpholine rings is 1. The van der Waals surface area contributed by atoms with Crippen LogP contribution in [0.4, 0.5) is 0 Å². The molecule has 32 heavy (non-hydrogen) atoms. The number of rotatable bonds is 5.